The van der Waals surface area contributed by atoms with Crippen LogP contribution in [-0.4, -0.2) is 60.8 Å². The molecule has 1 fully saturated rings. The maximum absolute atomic E-state index is 12.1. The molecule has 0 saturated carbocycles. The summed E-state index contributed by atoms with van der Waals surface area (Å²) in [5.74, 6) is -0.781. The number of piperidine rings is 1. The number of hydrogen-bond acceptors (Lipinski definition) is 4. The van der Waals surface area contributed by atoms with Crippen LogP contribution in [0.2, 0.25) is 0 Å². The Bertz CT molecular complexity index is 322. The van der Waals surface area contributed by atoms with E-state index in [0.29, 0.717) is 19.6 Å². The lowest BCUT2D eigenvalue weighted by Crippen LogP contribution is -2.52. The van der Waals surface area contributed by atoms with E-state index in [1.807, 2.05) is 6.92 Å². The molecule has 1 rings (SSSR count). The van der Waals surface area contributed by atoms with Crippen LogP contribution in [0.3, 0.4) is 0 Å². The first-order valence-corrected chi connectivity index (χ1v) is 7.30. The quantitative estimate of drug-likeness (QED) is 0.647. The van der Waals surface area contributed by atoms with Gasteiger partial charge in [0.15, 0.2) is 0 Å². The SMILES string of the molecule is COCCNC(=O)C(C)N1CCCCC1CCC(=O)O. The summed E-state index contributed by atoms with van der Waals surface area (Å²) in [7, 11) is 1.60. The van der Waals surface area contributed by atoms with Crippen molar-refractivity contribution in [3.05, 3.63) is 0 Å². The largest absolute Gasteiger partial charge is 0.481 e. The van der Waals surface area contributed by atoms with Crippen molar-refractivity contribution in [1.29, 1.82) is 0 Å². The number of methoxy groups -OCH3 is 1. The Morgan fingerprint density at radius 3 is 2.85 bits per heavy atom. The highest BCUT2D eigenvalue weighted by molar-refractivity contribution is 5.81. The number of carboxylic acids is 1. The third-order valence-corrected chi connectivity index (χ3v) is 3.85. The number of ether oxygens (including phenoxy) is 1. The first-order valence-electron chi connectivity index (χ1n) is 7.30. The fourth-order valence-electron chi connectivity index (χ4n) is 2.71. The van der Waals surface area contributed by atoms with Crippen LogP contribution >= 0.6 is 0 Å². The van der Waals surface area contributed by atoms with Gasteiger partial charge in [0.1, 0.15) is 0 Å². The Morgan fingerprint density at radius 2 is 2.20 bits per heavy atom. The van der Waals surface area contributed by atoms with Gasteiger partial charge >= 0.3 is 5.97 Å². The van der Waals surface area contributed by atoms with Crippen molar-refractivity contribution < 1.29 is 19.4 Å². The van der Waals surface area contributed by atoms with E-state index in [9.17, 15) is 9.59 Å². The molecule has 1 aliphatic heterocycles. The fourth-order valence-corrected chi connectivity index (χ4v) is 2.71. The Balaban J connectivity index is 2.50. The summed E-state index contributed by atoms with van der Waals surface area (Å²) in [6.45, 7) is 3.76. The maximum atomic E-state index is 12.1. The summed E-state index contributed by atoms with van der Waals surface area (Å²) < 4.78 is 4.91. The summed E-state index contributed by atoms with van der Waals surface area (Å²) in [6.07, 6.45) is 3.94. The van der Waals surface area contributed by atoms with Gasteiger partial charge in [-0.3, -0.25) is 14.5 Å². The normalized spacial score (nSPS) is 21.4. The summed E-state index contributed by atoms with van der Waals surface area (Å²) in [6, 6.07) is -0.0195. The molecule has 0 aromatic carbocycles. The highest BCUT2D eigenvalue weighted by Crippen LogP contribution is 2.23. The summed E-state index contributed by atoms with van der Waals surface area (Å²) in [5.41, 5.74) is 0. The van der Waals surface area contributed by atoms with Crippen molar-refractivity contribution >= 4 is 11.9 Å². The molecule has 1 heterocycles. The van der Waals surface area contributed by atoms with Crippen molar-refractivity contribution in [3.8, 4) is 0 Å². The lowest BCUT2D eigenvalue weighted by Gasteiger charge is -2.39. The lowest BCUT2D eigenvalue weighted by atomic mass is 9.96. The minimum atomic E-state index is -0.771. The molecular weight excluding hydrogens is 260 g/mol. The summed E-state index contributed by atoms with van der Waals surface area (Å²) >= 11 is 0. The van der Waals surface area contributed by atoms with Gasteiger partial charge in [-0.1, -0.05) is 6.42 Å². The molecule has 116 valence electrons. The molecule has 2 atom stereocenters. The molecule has 20 heavy (non-hydrogen) atoms. The summed E-state index contributed by atoms with van der Waals surface area (Å²) in [5, 5.41) is 11.7. The predicted octanol–water partition coefficient (Wildman–Crippen LogP) is 0.857. The van der Waals surface area contributed by atoms with E-state index in [4.69, 9.17) is 9.84 Å². The zero-order valence-corrected chi connectivity index (χ0v) is 12.4. The third kappa shape index (κ3) is 5.46. The molecule has 1 amide bonds. The Morgan fingerprint density at radius 1 is 1.45 bits per heavy atom. The second-order valence-corrected chi connectivity index (χ2v) is 5.28. The molecule has 1 saturated heterocycles. The third-order valence-electron chi connectivity index (χ3n) is 3.85. The topological polar surface area (TPSA) is 78.9 Å². The number of carbonyl (C=O) groups is 2. The number of nitrogens with one attached hydrogen (secondary N) is 1. The van der Waals surface area contributed by atoms with Crippen LogP contribution in [0.4, 0.5) is 0 Å². The van der Waals surface area contributed by atoms with Crippen LogP contribution in [0.1, 0.15) is 39.0 Å². The van der Waals surface area contributed by atoms with E-state index >= 15 is 0 Å². The highest BCUT2D eigenvalue weighted by atomic mass is 16.5. The number of hydrogen-bond donors (Lipinski definition) is 2. The molecule has 0 bridgehead atoms. The van der Waals surface area contributed by atoms with Crippen LogP contribution in [0, 0.1) is 0 Å². The number of carbonyl (C=O) groups excluding carboxylic acids is 1. The molecule has 6 nitrogen and oxygen atoms in total. The molecule has 0 aromatic rings. The first-order chi connectivity index (χ1) is 9.56. The van der Waals surface area contributed by atoms with E-state index in [-0.39, 0.29) is 24.4 Å². The molecule has 2 N–H and O–H groups in total. The highest BCUT2D eigenvalue weighted by Gasteiger charge is 2.30. The van der Waals surface area contributed by atoms with Crippen molar-refractivity contribution in [2.24, 2.45) is 0 Å². The van der Waals surface area contributed by atoms with Crippen LogP contribution in [-0.2, 0) is 14.3 Å². The Kier molecular flexibility index (Phi) is 7.54. The number of carboxylic acid groups (broad SMARTS) is 1. The van der Waals surface area contributed by atoms with E-state index in [1.165, 1.54) is 0 Å². The minimum Gasteiger partial charge on any atom is -0.481 e. The Hall–Kier alpha value is -1.14. The molecule has 6 heteroatoms. The van der Waals surface area contributed by atoms with E-state index in [2.05, 4.69) is 10.2 Å². The standard InChI is InChI=1S/C14H26N2O4/c1-11(14(19)15-8-10-20-2)16-9-4-3-5-12(16)6-7-13(17)18/h11-12H,3-10H2,1-2H3,(H,15,19)(H,17,18). The fraction of sp³-hybridized carbons (Fsp3) is 0.857. The number of aliphatic carboxylic acids is 1. The van der Waals surface area contributed by atoms with Crippen LogP contribution < -0.4 is 5.32 Å². The van der Waals surface area contributed by atoms with Crippen molar-refractivity contribution in [2.75, 3.05) is 26.8 Å². The van der Waals surface area contributed by atoms with Gasteiger partial charge in [-0.05, 0) is 32.7 Å². The summed E-state index contributed by atoms with van der Waals surface area (Å²) in [4.78, 5) is 24.9. The second kappa shape index (κ2) is 8.92. The number of rotatable bonds is 8. The molecular formula is C14H26N2O4. The van der Waals surface area contributed by atoms with E-state index in [1.54, 1.807) is 7.11 Å². The van der Waals surface area contributed by atoms with Crippen LogP contribution in [0.15, 0.2) is 0 Å². The second-order valence-electron chi connectivity index (χ2n) is 5.28. The smallest absolute Gasteiger partial charge is 0.303 e. The lowest BCUT2D eigenvalue weighted by molar-refractivity contribution is -0.137. The van der Waals surface area contributed by atoms with Crippen LogP contribution in [0.25, 0.3) is 0 Å². The average molecular weight is 286 g/mol. The van der Waals surface area contributed by atoms with Gasteiger partial charge in [0.25, 0.3) is 0 Å². The van der Waals surface area contributed by atoms with Crippen LogP contribution in [0.5, 0.6) is 0 Å². The van der Waals surface area contributed by atoms with Gasteiger partial charge in [0.2, 0.25) is 5.91 Å². The molecule has 1 aliphatic rings. The predicted molar refractivity (Wildman–Crippen MR) is 75.6 cm³/mol. The van der Waals surface area contributed by atoms with Gasteiger partial charge in [-0.2, -0.15) is 0 Å². The minimum absolute atomic E-state index is 0.00993. The number of likely N-dealkylation sites (tertiary alicyclic amines) is 1. The van der Waals surface area contributed by atoms with Crippen molar-refractivity contribution in [1.82, 2.24) is 10.2 Å². The van der Waals surface area contributed by atoms with Gasteiger partial charge in [-0.25, -0.2) is 0 Å². The number of amides is 1. The zero-order valence-electron chi connectivity index (χ0n) is 12.4. The van der Waals surface area contributed by atoms with Gasteiger partial charge < -0.3 is 15.2 Å². The van der Waals surface area contributed by atoms with E-state index in [0.717, 1.165) is 25.8 Å². The van der Waals surface area contributed by atoms with Crippen molar-refractivity contribution in [2.45, 2.75) is 51.1 Å². The van der Waals surface area contributed by atoms with E-state index < -0.39 is 5.97 Å². The molecule has 0 radical (unpaired) electrons. The Labute approximate surface area is 120 Å². The molecule has 2 unspecified atom stereocenters. The van der Waals surface area contributed by atoms with Gasteiger partial charge in [0.05, 0.1) is 12.6 Å². The van der Waals surface area contributed by atoms with Gasteiger partial charge in [0, 0.05) is 26.1 Å². The first kappa shape index (κ1) is 16.9. The zero-order chi connectivity index (χ0) is 15.0. The molecule has 0 aliphatic carbocycles. The van der Waals surface area contributed by atoms with Crippen molar-refractivity contribution in [3.63, 3.8) is 0 Å². The molecule has 0 aromatic heterocycles. The average Bonchev–Trinajstić information content (AvgIpc) is 2.44. The van der Waals surface area contributed by atoms with Gasteiger partial charge in [-0.15, -0.1) is 0 Å². The maximum Gasteiger partial charge on any atom is 0.303 e. The monoisotopic (exact) mass is 286 g/mol. The number of nitrogens with zero attached hydrogens (tertiary/aromatic N) is 1. The molecule has 0 spiro atoms.